The van der Waals surface area contributed by atoms with Gasteiger partial charge in [0.05, 0.1) is 16.4 Å². The summed E-state index contributed by atoms with van der Waals surface area (Å²) >= 11 is 5.33. The number of ether oxygens (including phenoxy) is 2. The summed E-state index contributed by atoms with van der Waals surface area (Å²) in [6.07, 6.45) is 1.37. The van der Waals surface area contributed by atoms with E-state index >= 15 is 0 Å². The number of anilines is 2. The Kier molecular flexibility index (Phi) is 8.47. The van der Waals surface area contributed by atoms with E-state index in [4.69, 9.17) is 9.47 Å². The highest BCUT2D eigenvalue weighted by Gasteiger charge is 2.36. The SMILES string of the molecule is COc1cc(/C=C2\C(=O)NC(=O)N(c3ccc(Br)cc3)C2=O)cc(I)c1OCC(=O)Nc1ccc(C)cc1. The van der Waals surface area contributed by atoms with E-state index in [9.17, 15) is 19.2 Å². The zero-order chi connectivity index (χ0) is 27.4. The fraction of sp³-hybridized carbons (Fsp3) is 0.111. The minimum Gasteiger partial charge on any atom is -0.493 e. The van der Waals surface area contributed by atoms with Gasteiger partial charge in [0.2, 0.25) is 0 Å². The number of aryl methyl sites for hydroxylation is 1. The predicted molar refractivity (Wildman–Crippen MR) is 154 cm³/mol. The largest absolute Gasteiger partial charge is 0.493 e. The van der Waals surface area contributed by atoms with Crippen molar-refractivity contribution >= 4 is 79.7 Å². The summed E-state index contributed by atoms with van der Waals surface area (Å²) in [5.74, 6) is -1.28. The van der Waals surface area contributed by atoms with Gasteiger partial charge in [0.15, 0.2) is 18.1 Å². The first-order valence-corrected chi connectivity index (χ1v) is 13.1. The van der Waals surface area contributed by atoms with Crippen molar-refractivity contribution in [1.82, 2.24) is 5.32 Å². The van der Waals surface area contributed by atoms with Crippen molar-refractivity contribution in [3.05, 3.63) is 85.4 Å². The molecule has 194 valence electrons. The zero-order valence-electron chi connectivity index (χ0n) is 20.2. The van der Waals surface area contributed by atoms with Crippen LogP contribution in [0.5, 0.6) is 11.5 Å². The van der Waals surface area contributed by atoms with E-state index in [1.54, 1.807) is 48.5 Å². The molecule has 1 fully saturated rings. The first kappa shape index (κ1) is 27.3. The van der Waals surface area contributed by atoms with Crippen LogP contribution in [-0.2, 0) is 14.4 Å². The zero-order valence-corrected chi connectivity index (χ0v) is 24.0. The molecule has 5 amide bonds. The lowest BCUT2D eigenvalue weighted by atomic mass is 10.1. The maximum absolute atomic E-state index is 13.2. The summed E-state index contributed by atoms with van der Waals surface area (Å²) in [6.45, 7) is 1.70. The molecule has 2 N–H and O–H groups in total. The van der Waals surface area contributed by atoms with Gasteiger partial charge in [-0.15, -0.1) is 0 Å². The van der Waals surface area contributed by atoms with E-state index in [1.807, 2.05) is 41.6 Å². The number of nitrogens with one attached hydrogen (secondary N) is 2. The molecule has 0 aliphatic carbocycles. The number of amides is 5. The molecule has 0 spiro atoms. The Morgan fingerprint density at radius 2 is 1.76 bits per heavy atom. The van der Waals surface area contributed by atoms with Gasteiger partial charge in [0, 0.05) is 10.2 Å². The Labute approximate surface area is 240 Å². The van der Waals surface area contributed by atoms with E-state index < -0.39 is 17.8 Å². The molecule has 3 aromatic carbocycles. The summed E-state index contributed by atoms with van der Waals surface area (Å²) in [5, 5.41) is 4.96. The van der Waals surface area contributed by atoms with Crippen molar-refractivity contribution in [2.45, 2.75) is 6.92 Å². The Bertz CT molecular complexity index is 1450. The number of barbiturate groups is 1. The van der Waals surface area contributed by atoms with Gasteiger partial charge < -0.3 is 14.8 Å². The molecular weight excluding hydrogens is 669 g/mol. The van der Waals surface area contributed by atoms with Crippen LogP contribution in [0.1, 0.15) is 11.1 Å². The second kappa shape index (κ2) is 11.8. The molecule has 4 rings (SSSR count). The number of benzene rings is 3. The summed E-state index contributed by atoms with van der Waals surface area (Å²) in [5.41, 5.74) is 2.28. The second-order valence-corrected chi connectivity index (χ2v) is 10.2. The van der Waals surface area contributed by atoms with Crippen LogP contribution in [0.2, 0.25) is 0 Å². The molecule has 1 aliphatic heterocycles. The van der Waals surface area contributed by atoms with Crippen LogP contribution >= 0.6 is 38.5 Å². The molecule has 0 unspecified atom stereocenters. The van der Waals surface area contributed by atoms with Gasteiger partial charge in [-0.05, 0) is 89.7 Å². The number of nitrogens with zero attached hydrogens (tertiary/aromatic N) is 1. The molecular formula is C27H21BrIN3O6. The molecule has 38 heavy (non-hydrogen) atoms. The van der Waals surface area contributed by atoms with Gasteiger partial charge in [0.25, 0.3) is 17.7 Å². The average Bonchev–Trinajstić information content (AvgIpc) is 2.88. The average molecular weight is 690 g/mol. The second-order valence-electron chi connectivity index (χ2n) is 8.17. The Morgan fingerprint density at radius 3 is 2.42 bits per heavy atom. The fourth-order valence-corrected chi connectivity index (χ4v) is 4.63. The van der Waals surface area contributed by atoms with Crippen LogP contribution in [0.4, 0.5) is 16.2 Å². The smallest absolute Gasteiger partial charge is 0.335 e. The highest BCUT2D eigenvalue weighted by atomic mass is 127. The molecule has 3 aromatic rings. The van der Waals surface area contributed by atoms with E-state index in [-0.39, 0.29) is 18.1 Å². The Hall–Kier alpha value is -3.71. The first-order chi connectivity index (χ1) is 18.2. The number of halogens is 2. The number of urea groups is 1. The van der Waals surface area contributed by atoms with Gasteiger partial charge in [-0.2, -0.15) is 0 Å². The molecule has 1 saturated heterocycles. The highest BCUT2D eigenvalue weighted by molar-refractivity contribution is 14.1. The van der Waals surface area contributed by atoms with Crippen LogP contribution in [0.15, 0.2) is 70.7 Å². The molecule has 0 aromatic heterocycles. The monoisotopic (exact) mass is 689 g/mol. The predicted octanol–water partition coefficient (Wildman–Crippen LogP) is 5.05. The number of carbonyl (C=O) groups is 4. The van der Waals surface area contributed by atoms with Crippen LogP contribution in [0.25, 0.3) is 6.08 Å². The molecule has 0 bridgehead atoms. The first-order valence-electron chi connectivity index (χ1n) is 11.2. The van der Waals surface area contributed by atoms with Crippen LogP contribution in [-0.4, -0.2) is 37.5 Å². The van der Waals surface area contributed by atoms with Crippen LogP contribution in [0.3, 0.4) is 0 Å². The maximum Gasteiger partial charge on any atom is 0.335 e. The van der Waals surface area contributed by atoms with Gasteiger partial charge in [-0.3, -0.25) is 19.7 Å². The number of hydrogen-bond acceptors (Lipinski definition) is 6. The fourth-order valence-electron chi connectivity index (χ4n) is 3.58. The number of rotatable bonds is 7. The normalized spacial score (nSPS) is 14.4. The van der Waals surface area contributed by atoms with E-state index in [2.05, 4.69) is 26.6 Å². The Morgan fingerprint density at radius 1 is 1.08 bits per heavy atom. The summed E-state index contributed by atoms with van der Waals surface area (Å²) < 4.78 is 12.5. The standard InChI is InChI=1S/C27H21BrIN3O6/c1-15-3-7-18(8-4-15)30-23(33)14-38-24-21(29)12-16(13-22(24)37-2)11-20-25(34)31-27(36)32(26(20)35)19-9-5-17(28)6-10-19/h3-13H,14H2,1-2H3,(H,30,33)(H,31,34,36)/b20-11+. The van der Waals surface area contributed by atoms with Crippen LogP contribution in [0, 0.1) is 10.5 Å². The molecule has 11 heteroatoms. The number of hydrogen-bond donors (Lipinski definition) is 2. The van der Waals surface area contributed by atoms with Gasteiger partial charge in [0.1, 0.15) is 5.57 Å². The lowest BCUT2D eigenvalue weighted by molar-refractivity contribution is -0.122. The minimum absolute atomic E-state index is 0.225. The summed E-state index contributed by atoms with van der Waals surface area (Å²) in [4.78, 5) is 51.4. The van der Waals surface area contributed by atoms with Gasteiger partial charge in [-0.1, -0.05) is 33.6 Å². The van der Waals surface area contributed by atoms with Crippen molar-refractivity contribution in [2.75, 3.05) is 23.9 Å². The van der Waals surface area contributed by atoms with Crippen molar-refractivity contribution in [2.24, 2.45) is 0 Å². The molecule has 0 radical (unpaired) electrons. The third-order valence-corrected chi connectivity index (χ3v) is 6.76. The lowest BCUT2D eigenvalue weighted by Gasteiger charge is -2.26. The van der Waals surface area contributed by atoms with Gasteiger partial charge >= 0.3 is 6.03 Å². The van der Waals surface area contributed by atoms with E-state index in [0.717, 1.165) is 14.9 Å². The van der Waals surface area contributed by atoms with Crippen LogP contribution < -0.4 is 25.0 Å². The molecule has 1 aliphatic rings. The lowest BCUT2D eigenvalue weighted by Crippen LogP contribution is -2.54. The van der Waals surface area contributed by atoms with E-state index in [0.29, 0.717) is 32.0 Å². The number of imide groups is 2. The van der Waals surface area contributed by atoms with Crippen molar-refractivity contribution < 1.29 is 28.7 Å². The number of carbonyl (C=O) groups excluding carboxylic acids is 4. The minimum atomic E-state index is -0.834. The quantitative estimate of drug-likeness (QED) is 0.204. The third-order valence-electron chi connectivity index (χ3n) is 5.43. The molecule has 1 heterocycles. The third kappa shape index (κ3) is 6.22. The molecule has 0 atom stereocenters. The molecule has 0 saturated carbocycles. The van der Waals surface area contributed by atoms with Gasteiger partial charge in [-0.25, -0.2) is 9.69 Å². The van der Waals surface area contributed by atoms with Crippen molar-refractivity contribution in [1.29, 1.82) is 0 Å². The summed E-state index contributed by atoms with van der Waals surface area (Å²) in [6, 6.07) is 16.3. The topological polar surface area (TPSA) is 114 Å². The van der Waals surface area contributed by atoms with E-state index in [1.165, 1.54) is 13.2 Å². The maximum atomic E-state index is 13.2. The van der Waals surface area contributed by atoms with Crippen molar-refractivity contribution in [3.63, 3.8) is 0 Å². The molecule has 9 nitrogen and oxygen atoms in total. The van der Waals surface area contributed by atoms with Crippen molar-refractivity contribution in [3.8, 4) is 11.5 Å². The highest BCUT2D eigenvalue weighted by Crippen LogP contribution is 2.35. The number of methoxy groups -OCH3 is 1. The summed E-state index contributed by atoms with van der Waals surface area (Å²) in [7, 11) is 1.44. The Balaban J connectivity index is 1.55.